The highest BCUT2D eigenvalue weighted by molar-refractivity contribution is 5.01. The summed E-state index contributed by atoms with van der Waals surface area (Å²) in [5.41, 5.74) is -0.760. The fourth-order valence-corrected chi connectivity index (χ4v) is 1.88. The molecule has 1 saturated heterocycles. The van der Waals surface area contributed by atoms with E-state index < -0.39 is 5.60 Å². The van der Waals surface area contributed by atoms with E-state index in [2.05, 4.69) is 17.9 Å². The van der Waals surface area contributed by atoms with Gasteiger partial charge in [-0.15, -0.1) is 0 Å². The van der Waals surface area contributed by atoms with Crippen molar-refractivity contribution in [3.63, 3.8) is 0 Å². The summed E-state index contributed by atoms with van der Waals surface area (Å²) in [5, 5.41) is 18.8. The van der Waals surface area contributed by atoms with E-state index in [1.807, 2.05) is 0 Å². The Morgan fingerprint density at radius 1 is 1.69 bits per heavy atom. The Morgan fingerprint density at radius 2 is 2.38 bits per heavy atom. The number of rotatable bonds is 3. The molecule has 1 aliphatic heterocycles. The summed E-state index contributed by atoms with van der Waals surface area (Å²) in [6, 6.07) is 2.13. The lowest BCUT2D eigenvalue weighted by Gasteiger charge is -2.25. The van der Waals surface area contributed by atoms with Crippen molar-refractivity contribution in [3.05, 3.63) is 0 Å². The van der Waals surface area contributed by atoms with E-state index in [9.17, 15) is 5.11 Å². The first-order valence-electron chi connectivity index (χ1n) is 4.96. The van der Waals surface area contributed by atoms with Crippen molar-refractivity contribution in [1.82, 2.24) is 4.90 Å². The van der Waals surface area contributed by atoms with Crippen molar-refractivity contribution in [2.75, 3.05) is 19.6 Å². The third kappa shape index (κ3) is 2.20. The summed E-state index contributed by atoms with van der Waals surface area (Å²) in [6.07, 6.45) is 1.85. The molecule has 13 heavy (non-hydrogen) atoms. The number of β-amino-alcohol motifs (C(OH)–C–C–N with tert-alkyl or cyclic N) is 1. The van der Waals surface area contributed by atoms with Crippen LogP contribution in [0.4, 0.5) is 0 Å². The van der Waals surface area contributed by atoms with Crippen LogP contribution < -0.4 is 0 Å². The minimum Gasteiger partial charge on any atom is -0.387 e. The fraction of sp³-hybridized carbons (Fsp3) is 0.900. The predicted molar refractivity (Wildman–Crippen MR) is 51.1 cm³/mol. The fourth-order valence-electron chi connectivity index (χ4n) is 1.88. The molecule has 1 N–H and O–H groups in total. The molecule has 1 fully saturated rings. The minimum absolute atomic E-state index is 0.255. The number of nitriles is 1. The van der Waals surface area contributed by atoms with Crippen molar-refractivity contribution >= 4 is 0 Å². The highest BCUT2D eigenvalue weighted by Crippen LogP contribution is 2.28. The molecule has 74 valence electrons. The van der Waals surface area contributed by atoms with Gasteiger partial charge in [0.1, 0.15) is 0 Å². The van der Waals surface area contributed by atoms with Crippen LogP contribution in [0.25, 0.3) is 0 Å². The van der Waals surface area contributed by atoms with Crippen molar-refractivity contribution in [2.45, 2.75) is 32.3 Å². The molecule has 0 saturated carbocycles. The van der Waals surface area contributed by atoms with E-state index in [1.165, 1.54) is 0 Å². The van der Waals surface area contributed by atoms with Crippen LogP contribution in [-0.2, 0) is 0 Å². The van der Waals surface area contributed by atoms with Crippen LogP contribution in [0.3, 0.4) is 0 Å². The Hall–Kier alpha value is -0.590. The highest BCUT2D eigenvalue weighted by Gasteiger charge is 2.40. The monoisotopic (exact) mass is 182 g/mol. The average molecular weight is 182 g/mol. The van der Waals surface area contributed by atoms with Gasteiger partial charge in [-0.25, -0.2) is 0 Å². The van der Waals surface area contributed by atoms with Crippen LogP contribution >= 0.6 is 0 Å². The molecule has 0 amide bonds. The number of aliphatic hydroxyl groups is 1. The van der Waals surface area contributed by atoms with Gasteiger partial charge in [-0.1, -0.05) is 6.92 Å². The van der Waals surface area contributed by atoms with Crippen LogP contribution in [0.1, 0.15) is 26.7 Å². The zero-order valence-corrected chi connectivity index (χ0v) is 8.45. The Labute approximate surface area is 80.0 Å². The van der Waals surface area contributed by atoms with Crippen molar-refractivity contribution in [2.24, 2.45) is 5.92 Å². The molecular formula is C10H18N2O. The van der Waals surface area contributed by atoms with E-state index in [4.69, 9.17) is 5.26 Å². The third-order valence-electron chi connectivity index (χ3n) is 2.90. The highest BCUT2D eigenvalue weighted by atomic mass is 16.3. The molecule has 3 nitrogen and oxygen atoms in total. The normalized spacial score (nSPS) is 31.5. The summed E-state index contributed by atoms with van der Waals surface area (Å²) in [7, 11) is 0. The molecule has 0 aliphatic carbocycles. The van der Waals surface area contributed by atoms with E-state index >= 15 is 0 Å². The quantitative estimate of drug-likeness (QED) is 0.708. The van der Waals surface area contributed by atoms with Gasteiger partial charge >= 0.3 is 0 Å². The smallest absolute Gasteiger partial charge is 0.0940 e. The topological polar surface area (TPSA) is 47.3 Å². The molecule has 0 aromatic rings. The number of hydrogen-bond acceptors (Lipinski definition) is 3. The lowest BCUT2D eigenvalue weighted by atomic mass is 9.89. The molecule has 3 heteroatoms. The molecule has 0 aromatic carbocycles. The van der Waals surface area contributed by atoms with Gasteiger partial charge in [-0.3, -0.25) is 0 Å². The molecular weight excluding hydrogens is 164 g/mol. The van der Waals surface area contributed by atoms with Gasteiger partial charge in [0.05, 0.1) is 17.6 Å². The second-order valence-electron chi connectivity index (χ2n) is 3.98. The Kier molecular flexibility index (Phi) is 3.29. The average Bonchev–Trinajstić information content (AvgIpc) is 2.48. The van der Waals surface area contributed by atoms with Crippen molar-refractivity contribution in [3.8, 4) is 6.07 Å². The van der Waals surface area contributed by atoms with Crippen LogP contribution in [0.2, 0.25) is 0 Å². The van der Waals surface area contributed by atoms with Gasteiger partial charge in [0.15, 0.2) is 0 Å². The van der Waals surface area contributed by atoms with Gasteiger partial charge < -0.3 is 10.0 Å². The van der Waals surface area contributed by atoms with Gasteiger partial charge in [-0.2, -0.15) is 5.26 Å². The second-order valence-corrected chi connectivity index (χ2v) is 3.98. The zero-order valence-electron chi connectivity index (χ0n) is 8.45. The van der Waals surface area contributed by atoms with Crippen LogP contribution in [-0.4, -0.2) is 35.2 Å². The summed E-state index contributed by atoms with van der Waals surface area (Å²) in [4.78, 5) is 2.23. The summed E-state index contributed by atoms with van der Waals surface area (Å²) < 4.78 is 0. The van der Waals surface area contributed by atoms with Gasteiger partial charge in [0.2, 0.25) is 0 Å². The lowest BCUT2D eigenvalue weighted by Crippen LogP contribution is -2.39. The molecule has 0 bridgehead atoms. The molecule has 0 aromatic heterocycles. The molecule has 1 aliphatic rings. The molecule has 0 radical (unpaired) electrons. The first-order valence-corrected chi connectivity index (χ1v) is 4.96. The summed E-state index contributed by atoms with van der Waals surface area (Å²) in [6.45, 7) is 6.55. The van der Waals surface area contributed by atoms with E-state index in [0.29, 0.717) is 6.54 Å². The maximum absolute atomic E-state index is 10.1. The maximum Gasteiger partial charge on any atom is 0.0940 e. The zero-order chi connectivity index (χ0) is 9.90. The third-order valence-corrected chi connectivity index (χ3v) is 2.90. The Morgan fingerprint density at radius 3 is 2.92 bits per heavy atom. The minimum atomic E-state index is -0.760. The van der Waals surface area contributed by atoms with Crippen molar-refractivity contribution < 1.29 is 5.11 Å². The first kappa shape index (κ1) is 10.5. The standard InChI is InChI=1S/C10H18N2O/c1-3-5-12-6-4-10(13,8-12)9(2)7-11/h9,13H,3-6,8H2,1-2H3. The first-order chi connectivity index (χ1) is 6.12. The number of nitrogens with zero attached hydrogens (tertiary/aromatic N) is 2. The predicted octanol–water partition coefficient (Wildman–Crippen LogP) is 0.993. The molecule has 0 spiro atoms. The number of hydrogen-bond donors (Lipinski definition) is 1. The van der Waals surface area contributed by atoms with E-state index in [1.54, 1.807) is 6.92 Å². The van der Waals surface area contributed by atoms with Gasteiger partial charge in [-0.05, 0) is 26.3 Å². The number of likely N-dealkylation sites (tertiary alicyclic amines) is 1. The summed E-state index contributed by atoms with van der Waals surface area (Å²) >= 11 is 0. The maximum atomic E-state index is 10.1. The molecule has 2 atom stereocenters. The molecule has 2 unspecified atom stereocenters. The van der Waals surface area contributed by atoms with Gasteiger partial charge in [0.25, 0.3) is 0 Å². The SMILES string of the molecule is CCCN1CCC(O)(C(C)C#N)C1. The van der Waals surface area contributed by atoms with Crippen LogP contribution in [0.15, 0.2) is 0 Å². The molecule has 1 rings (SSSR count). The Bertz CT molecular complexity index is 211. The van der Waals surface area contributed by atoms with E-state index in [0.717, 1.165) is 25.9 Å². The van der Waals surface area contributed by atoms with Crippen LogP contribution in [0, 0.1) is 17.2 Å². The second kappa shape index (κ2) is 4.08. The van der Waals surface area contributed by atoms with Gasteiger partial charge in [0, 0.05) is 13.1 Å². The van der Waals surface area contributed by atoms with E-state index in [-0.39, 0.29) is 5.92 Å². The van der Waals surface area contributed by atoms with Crippen LogP contribution in [0.5, 0.6) is 0 Å². The largest absolute Gasteiger partial charge is 0.387 e. The molecule has 1 heterocycles. The Balaban J connectivity index is 2.52. The van der Waals surface area contributed by atoms with Crippen molar-refractivity contribution in [1.29, 1.82) is 5.26 Å². The summed E-state index contributed by atoms with van der Waals surface area (Å²) in [5.74, 6) is -0.255. The lowest BCUT2D eigenvalue weighted by molar-refractivity contribution is 0.0180.